The minimum Gasteiger partial charge on any atom is -0.453 e. The van der Waals surface area contributed by atoms with Gasteiger partial charge < -0.3 is 9.15 Å². The number of fused-ring (bicyclic) bond motifs is 4. The Balaban J connectivity index is 2.20. The van der Waals surface area contributed by atoms with Crippen LogP contribution in [-0.4, -0.2) is 16.2 Å². The van der Waals surface area contributed by atoms with Gasteiger partial charge in [-0.2, -0.15) is 0 Å². The number of aryl methyl sites for hydroxylation is 2. The highest BCUT2D eigenvalue weighted by Crippen LogP contribution is 2.34. The largest absolute Gasteiger partial charge is 0.453 e. The Labute approximate surface area is 158 Å². The number of ether oxygens (including phenoxy) is 1. The van der Waals surface area contributed by atoms with Crippen LogP contribution in [0.25, 0.3) is 26.8 Å². The molecule has 0 saturated carbocycles. The number of Topliss-reactive ketones (excluding diaryl/α,β-unsaturated/α-hetero) is 1. The standard InChI is InChI=1S/C20H17NO5S/c1-5-12-6-13-15(7-14(12)25-11(4)23)26-19-16(18(13)24)20-21(9(2)8-27-20)17(19)10(3)22/h6-8H,5H2,1-4H3. The normalized spacial score (nSPS) is 11.6. The van der Waals surface area contributed by atoms with Crippen molar-refractivity contribution in [2.24, 2.45) is 0 Å². The molecule has 7 heteroatoms. The molecule has 3 heterocycles. The predicted molar refractivity (Wildman–Crippen MR) is 104 cm³/mol. The van der Waals surface area contributed by atoms with Crippen LogP contribution < -0.4 is 10.2 Å². The molecule has 0 atom stereocenters. The SMILES string of the molecule is CCc1cc2c(=O)c3c(oc2cc1OC(C)=O)c(C(C)=O)n1c(C)csc31. The maximum Gasteiger partial charge on any atom is 0.308 e. The van der Waals surface area contributed by atoms with Crippen molar-refractivity contribution >= 4 is 49.9 Å². The van der Waals surface area contributed by atoms with Gasteiger partial charge in [0.25, 0.3) is 0 Å². The maximum absolute atomic E-state index is 13.3. The van der Waals surface area contributed by atoms with Crippen LogP contribution in [0.1, 0.15) is 42.5 Å². The highest BCUT2D eigenvalue weighted by molar-refractivity contribution is 7.16. The van der Waals surface area contributed by atoms with Crippen LogP contribution in [0.4, 0.5) is 0 Å². The third kappa shape index (κ3) is 2.49. The average molecular weight is 383 g/mol. The number of benzene rings is 1. The Hall–Kier alpha value is -2.93. The van der Waals surface area contributed by atoms with Crippen molar-refractivity contribution in [1.29, 1.82) is 0 Å². The Bertz CT molecular complexity index is 1320. The average Bonchev–Trinajstić information content (AvgIpc) is 3.11. The van der Waals surface area contributed by atoms with E-state index in [4.69, 9.17) is 9.15 Å². The molecule has 0 aliphatic carbocycles. The summed E-state index contributed by atoms with van der Waals surface area (Å²) in [5, 5.41) is 2.73. The molecule has 0 aliphatic rings. The first kappa shape index (κ1) is 17.5. The van der Waals surface area contributed by atoms with Gasteiger partial charge in [-0.15, -0.1) is 11.3 Å². The fraction of sp³-hybridized carbons (Fsp3) is 0.250. The summed E-state index contributed by atoms with van der Waals surface area (Å²) < 4.78 is 13.1. The van der Waals surface area contributed by atoms with Crippen molar-refractivity contribution in [1.82, 2.24) is 4.40 Å². The maximum atomic E-state index is 13.3. The zero-order valence-electron chi connectivity index (χ0n) is 15.3. The van der Waals surface area contributed by atoms with Crippen LogP contribution in [-0.2, 0) is 11.2 Å². The molecule has 0 fully saturated rings. The summed E-state index contributed by atoms with van der Waals surface area (Å²) >= 11 is 1.41. The summed E-state index contributed by atoms with van der Waals surface area (Å²) in [6.45, 7) is 6.57. The summed E-state index contributed by atoms with van der Waals surface area (Å²) in [6, 6.07) is 3.26. The van der Waals surface area contributed by atoms with Crippen molar-refractivity contribution in [2.75, 3.05) is 0 Å². The van der Waals surface area contributed by atoms with Crippen LogP contribution in [0, 0.1) is 6.92 Å². The minimum atomic E-state index is -0.447. The second kappa shape index (κ2) is 6.06. The molecular weight excluding hydrogens is 366 g/mol. The van der Waals surface area contributed by atoms with Crippen LogP contribution in [0.3, 0.4) is 0 Å². The summed E-state index contributed by atoms with van der Waals surface area (Å²) in [7, 11) is 0. The number of rotatable bonds is 3. The first-order valence-electron chi connectivity index (χ1n) is 8.54. The molecule has 0 spiro atoms. The number of nitrogens with zero attached hydrogens (tertiary/aromatic N) is 1. The van der Waals surface area contributed by atoms with Crippen molar-refractivity contribution in [2.45, 2.75) is 34.1 Å². The van der Waals surface area contributed by atoms with Crippen LogP contribution in [0.15, 0.2) is 26.7 Å². The topological polar surface area (TPSA) is 78.0 Å². The summed E-state index contributed by atoms with van der Waals surface area (Å²) in [4.78, 5) is 37.7. The third-order valence-corrected chi connectivity index (χ3v) is 5.66. The summed E-state index contributed by atoms with van der Waals surface area (Å²) in [5.74, 6) is -0.270. The van der Waals surface area contributed by atoms with E-state index < -0.39 is 5.97 Å². The number of hydrogen-bond acceptors (Lipinski definition) is 6. The number of ketones is 1. The molecule has 0 N–H and O–H groups in total. The molecular formula is C20H17NO5S. The van der Waals surface area contributed by atoms with Gasteiger partial charge in [0.2, 0.25) is 5.43 Å². The van der Waals surface area contributed by atoms with Gasteiger partial charge >= 0.3 is 5.97 Å². The molecule has 138 valence electrons. The van der Waals surface area contributed by atoms with E-state index in [-0.39, 0.29) is 16.8 Å². The number of aromatic nitrogens is 1. The van der Waals surface area contributed by atoms with Crippen molar-refractivity contribution in [3.63, 3.8) is 0 Å². The zero-order chi connectivity index (χ0) is 19.5. The van der Waals surface area contributed by atoms with Gasteiger partial charge in [-0.05, 0) is 25.0 Å². The van der Waals surface area contributed by atoms with Crippen LogP contribution in [0.5, 0.6) is 5.75 Å². The van der Waals surface area contributed by atoms with Gasteiger partial charge in [-0.25, -0.2) is 0 Å². The lowest BCUT2D eigenvalue weighted by Crippen LogP contribution is -2.07. The molecule has 0 aliphatic heterocycles. The van der Waals surface area contributed by atoms with Gasteiger partial charge in [0.1, 0.15) is 27.2 Å². The molecule has 0 amide bonds. The smallest absolute Gasteiger partial charge is 0.308 e. The van der Waals surface area contributed by atoms with Gasteiger partial charge in [-0.1, -0.05) is 6.92 Å². The van der Waals surface area contributed by atoms with E-state index >= 15 is 0 Å². The van der Waals surface area contributed by atoms with Gasteiger partial charge in [0, 0.05) is 31.0 Å². The fourth-order valence-corrected chi connectivity index (χ4v) is 4.46. The predicted octanol–water partition coefficient (Wildman–Crippen LogP) is 4.26. The Morgan fingerprint density at radius 2 is 2.00 bits per heavy atom. The second-order valence-corrected chi connectivity index (χ2v) is 7.32. The van der Waals surface area contributed by atoms with Crippen molar-refractivity contribution in [3.8, 4) is 5.75 Å². The third-order valence-electron chi connectivity index (χ3n) is 4.59. The number of carbonyl (C=O) groups is 2. The first-order chi connectivity index (χ1) is 12.8. The monoisotopic (exact) mass is 383 g/mol. The molecule has 0 unspecified atom stereocenters. The number of esters is 1. The van der Waals surface area contributed by atoms with E-state index in [1.165, 1.54) is 25.2 Å². The molecule has 4 aromatic rings. The Morgan fingerprint density at radius 1 is 1.26 bits per heavy atom. The second-order valence-electron chi connectivity index (χ2n) is 6.46. The van der Waals surface area contributed by atoms with Crippen LogP contribution >= 0.6 is 11.3 Å². The zero-order valence-corrected chi connectivity index (χ0v) is 16.2. The Morgan fingerprint density at radius 3 is 2.63 bits per heavy atom. The lowest BCUT2D eigenvalue weighted by Gasteiger charge is -2.09. The molecule has 27 heavy (non-hydrogen) atoms. The molecule has 0 radical (unpaired) electrons. The molecule has 3 aromatic heterocycles. The fourth-order valence-electron chi connectivity index (χ4n) is 3.43. The van der Waals surface area contributed by atoms with Crippen molar-refractivity contribution < 1.29 is 18.7 Å². The van der Waals surface area contributed by atoms with Crippen LogP contribution in [0.2, 0.25) is 0 Å². The Kier molecular flexibility index (Phi) is 3.92. The number of thiazole rings is 1. The van der Waals surface area contributed by atoms with Gasteiger partial charge in [0.15, 0.2) is 11.4 Å². The minimum absolute atomic E-state index is 0.186. The van der Waals surface area contributed by atoms with Gasteiger partial charge in [0.05, 0.1) is 5.39 Å². The highest BCUT2D eigenvalue weighted by Gasteiger charge is 2.24. The van der Waals surface area contributed by atoms with Gasteiger partial charge in [-0.3, -0.25) is 18.8 Å². The van der Waals surface area contributed by atoms with E-state index in [9.17, 15) is 14.4 Å². The number of carbonyl (C=O) groups excluding carboxylic acids is 2. The lowest BCUT2D eigenvalue weighted by atomic mass is 10.1. The quantitative estimate of drug-likeness (QED) is 0.300. The van der Waals surface area contributed by atoms with E-state index in [0.717, 1.165) is 11.3 Å². The summed E-state index contributed by atoms with van der Waals surface area (Å²) in [5.41, 5.74) is 2.33. The van der Waals surface area contributed by atoms with E-state index in [1.54, 1.807) is 16.5 Å². The van der Waals surface area contributed by atoms with E-state index in [1.807, 2.05) is 19.2 Å². The molecule has 6 nitrogen and oxygen atoms in total. The molecule has 0 bridgehead atoms. The highest BCUT2D eigenvalue weighted by atomic mass is 32.1. The van der Waals surface area contributed by atoms with E-state index in [0.29, 0.717) is 39.1 Å². The summed E-state index contributed by atoms with van der Waals surface area (Å²) in [6.07, 6.45) is 0.595. The molecule has 4 rings (SSSR count). The van der Waals surface area contributed by atoms with E-state index in [2.05, 4.69) is 0 Å². The lowest BCUT2D eigenvalue weighted by molar-refractivity contribution is -0.131. The first-order valence-corrected chi connectivity index (χ1v) is 9.42. The molecule has 1 aromatic carbocycles. The number of hydrogen-bond donors (Lipinski definition) is 0. The van der Waals surface area contributed by atoms with Crippen molar-refractivity contribution in [3.05, 3.63) is 44.7 Å². The molecule has 0 saturated heterocycles.